The van der Waals surface area contributed by atoms with E-state index >= 15 is 0 Å². The summed E-state index contributed by atoms with van der Waals surface area (Å²) in [7, 11) is 0. The quantitative estimate of drug-likeness (QED) is 0.433. The number of hydrogen-bond acceptors (Lipinski definition) is 1. The minimum atomic E-state index is -0.151. The summed E-state index contributed by atoms with van der Waals surface area (Å²) in [6.45, 7) is 10.4. The zero-order chi connectivity index (χ0) is 23.9. The van der Waals surface area contributed by atoms with E-state index in [1.165, 1.54) is 64.2 Å². The Bertz CT molecular complexity index is 885. The third-order valence-corrected chi connectivity index (χ3v) is 13.3. The Balaban J connectivity index is 1.30. The molecule has 190 valence electrons. The topological polar surface area (TPSA) is 26.0 Å². The van der Waals surface area contributed by atoms with Gasteiger partial charge in [0.25, 0.3) is 0 Å². The third kappa shape index (κ3) is 3.18. The van der Waals surface area contributed by atoms with Gasteiger partial charge >= 0.3 is 0 Å². The second-order valence-electron chi connectivity index (χ2n) is 14.8. The Morgan fingerprint density at radius 1 is 0.824 bits per heavy atom. The van der Waals surface area contributed by atoms with Crippen molar-refractivity contribution >= 4 is 0 Å². The zero-order valence-corrected chi connectivity index (χ0v) is 22.5. The first-order chi connectivity index (χ1) is 16.1. The molecule has 6 rings (SSSR count). The molecule has 6 aliphatic rings. The second-order valence-corrected chi connectivity index (χ2v) is 14.8. The molecule has 1 nitrogen and oxygen atoms in total. The van der Waals surface area contributed by atoms with E-state index in [1.54, 1.807) is 11.1 Å². The number of fused-ring (bicyclic) bond motifs is 7. The van der Waals surface area contributed by atoms with E-state index in [1.807, 2.05) is 0 Å². The lowest BCUT2D eigenvalue weighted by atomic mass is 9.38. The molecule has 8 unspecified atom stereocenters. The highest BCUT2D eigenvalue weighted by atomic mass is 19.1. The molecule has 0 bridgehead atoms. The summed E-state index contributed by atoms with van der Waals surface area (Å²) in [5.74, 6) is 4.45. The van der Waals surface area contributed by atoms with Crippen LogP contribution < -0.4 is 5.73 Å². The van der Waals surface area contributed by atoms with Gasteiger partial charge in [-0.25, -0.2) is 0 Å². The molecule has 0 aromatic rings. The SMILES string of the molecule is CC1(C)C(C2=CCC(CF)CC2)=CCC2(C)C3CCC4C5CCCC5(N)CC[C@@]4(C)C3CCC12. The van der Waals surface area contributed by atoms with Crippen LogP contribution in [0.3, 0.4) is 0 Å². The van der Waals surface area contributed by atoms with E-state index in [9.17, 15) is 4.39 Å². The van der Waals surface area contributed by atoms with Crippen molar-refractivity contribution in [1.82, 2.24) is 0 Å². The third-order valence-electron chi connectivity index (χ3n) is 13.3. The van der Waals surface area contributed by atoms with Gasteiger partial charge in [0.1, 0.15) is 0 Å². The van der Waals surface area contributed by atoms with Gasteiger partial charge in [-0.2, -0.15) is 0 Å². The predicted octanol–water partition coefficient (Wildman–Crippen LogP) is 8.40. The maximum absolute atomic E-state index is 13.2. The van der Waals surface area contributed by atoms with Gasteiger partial charge < -0.3 is 5.73 Å². The van der Waals surface area contributed by atoms with E-state index in [2.05, 4.69) is 39.8 Å². The molecular weight excluding hydrogens is 417 g/mol. The lowest BCUT2D eigenvalue weighted by molar-refractivity contribution is -0.164. The van der Waals surface area contributed by atoms with Gasteiger partial charge in [0, 0.05) is 5.54 Å². The molecule has 0 heterocycles. The molecule has 34 heavy (non-hydrogen) atoms. The van der Waals surface area contributed by atoms with Gasteiger partial charge in [-0.3, -0.25) is 4.39 Å². The van der Waals surface area contributed by atoms with Crippen LogP contribution in [0.2, 0.25) is 0 Å². The number of halogens is 1. The first-order valence-corrected chi connectivity index (χ1v) is 14.9. The maximum atomic E-state index is 13.2. The normalized spacial score (nSPS) is 51.9. The molecule has 0 amide bonds. The molecule has 2 N–H and O–H groups in total. The van der Waals surface area contributed by atoms with Crippen molar-refractivity contribution in [2.45, 2.75) is 117 Å². The van der Waals surface area contributed by atoms with Crippen molar-refractivity contribution in [1.29, 1.82) is 0 Å². The molecular formula is C32H50FN. The number of allylic oxidation sites excluding steroid dienone is 4. The molecule has 0 aromatic carbocycles. The van der Waals surface area contributed by atoms with Gasteiger partial charge in [-0.05, 0) is 140 Å². The van der Waals surface area contributed by atoms with Gasteiger partial charge in [0.15, 0.2) is 0 Å². The van der Waals surface area contributed by atoms with Gasteiger partial charge in [0.2, 0.25) is 0 Å². The van der Waals surface area contributed by atoms with Crippen molar-refractivity contribution in [3.63, 3.8) is 0 Å². The van der Waals surface area contributed by atoms with Gasteiger partial charge in [-0.15, -0.1) is 0 Å². The largest absolute Gasteiger partial charge is 0.325 e. The van der Waals surface area contributed by atoms with Crippen molar-refractivity contribution in [2.24, 2.45) is 57.5 Å². The van der Waals surface area contributed by atoms with Crippen LogP contribution in [-0.4, -0.2) is 12.2 Å². The Kier molecular flexibility index (Phi) is 5.54. The first kappa shape index (κ1) is 23.7. The molecule has 0 radical (unpaired) electrons. The fourth-order valence-electron chi connectivity index (χ4n) is 11.5. The summed E-state index contributed by atoms with van der Waals surface area (Å²) in [6.07, 6.45) is 21.8. The van der Waals surface area contributed by atoms with Crippen molar-refractivity contribution in [3.05, 3.63) is 23.3 Å². The summed E-state index contributed by atoms with van der Waals surface area (Å²) in [6, 6.07) is 0. The highest BCUT2D eigenvalue weighted by Crippen LogP contribution is 2.71. The standard InChI is InChI=1S/C32H50FN/c1-29(2)23(22-9-7-21(20-33)8-10-22)15-17-31(4)25-11-12-26-27-6-5-16-32(27,34)19-18-30(26,3)24(25)13-14-28(29)31/h9,15,21,24-28H,5-8,10-14,16-20,34H2,1-4H3/t21?,24?,25?,26?,27?,28?,30-,31?,32?/m0/s1. The van der Waals surface area contributed by atoms with E-state index < -0.39 is 0 Å². The smallest absolute Gasteiger partial charge is 0.0925 e. The minimum Gasteiger partial charge on any atom is -0.325 e. The highest BCUT2D eigenvalue weighted by Gasteiger charge is 2.64. The Morgan fingerprint density at radius 3 is 2.24 bits per heavy atom. The van der Waals surface area contributed by atoms with Crippen LogP contribution in [0.15, 0.2) is 23.3 Å². The maximum Gasteiger partial charge on any atom is 0.0925 e. The fourth-order valence-corrected chi connectivity index (χ4v) is 11.5. The molecule has 0 saturated heterocycles. The van der Waals surface area contributed by atoms with Crippen molar-refractivity contribution in [2.75, 3.05) is 6.67 Å². The molecule has 4 fully saturated rings. The summed E-state index contributed by atoms with van der Waals surface area (Å²) in [5.41, 5.74) is 11.5. The van der Waals surface area contributed by atoms with E-state index in [4.69, 9.17) is 5.73 Å². The van der Waals surface area contributed by atoms with E-state index in [0.717, 1.165) is 48.9 Å². The second kappa shape index (κ2) is 7.93. The van der Waals surface area contributed by atoms with Crippen LogP contribution in [0.1, 0.15) is 111 Å². The summed E-state index contributed by atoms with van der Waals surface area (Å²) >= 11 is 0. The van der Waals surface area contributed by atoms with E-state index in [-0.39, 0.29) is 23.5 Å². The Hall–Kier alpha value is -0.630. The van der Waals surface area contributed by atoms with Crippen LogP contribution in [0.25, 0.3) is 0 Å². The summed E-state index contributed by atoms with van der Waals surface area (Å²) < 4.78 is 13.2. The Morgan fingerprint density at radius 2 is 1.53 bits per heavy atom. The molecule has 6 aliphatic carbocycles. The van der Waals surface area contributed by atoms with Crippen LogP contribution in [-0.2, 0) is 0 Å². The van der Waals surface area contributed by atoms with Crippen LogP contribution in [0, 0.1) is 51.8 Å². The van der Waals surface area contributed by atoms with Gasteiger partial charge in [-0.1, -0.05) is 46.3 Å². The van der Waals surface area contributed by atoms with Gasteiger partial charge in [0.05, 0.1) is 6.67 Å². The van der Waals surface area contributed by atoms with Crippen molar-refractivity contribution < 1.29 is 4.39 Å². The predicted molar refractivity (Wildman–Crippen MR) is 140 cm³/mol. The lowest BCUT2D eigenvalue weighted by Crippen LogP contribution is -2.62. The average Bonchev–Trinajstić information content (AvgIpc) is 3.21. The number of nitrogens with two attached hydrogens (primary N) is 1. The lowest BCUT2D eigenvalue weighted by Gasteiger charge is -2.67. The highest BCUT2D eigenvalue weighted by molar-refractivity contribution is 5.40. The van der Waals surface area contributed by atoms with Crippen molar-refractivity contribution in [3.8, 4) is 0 Å². The molecule has 2 heteroatoms. The number of alkyl halides is 1. The molecule has 0 aliphatic heterocycles. The summed E-state index contributed by atoms with van der Waals surface area (Å²) in [5, 5.41) is 0. The fraction of sp³-hybridized carbons (Fsp3) is 0.875. The molecule has 9 atom stereocenters. The zero-order valence-electron chi connectivity index (χ0n) is 22.5. The first-order valence-electron chi connectivity index (χ1n) is 14.9. The van der Waals surface area contributed by atoms with Crippen LogP contribution in [0.4, 0.5) is 4.39 Å². The minimum absolute atomic E-state index is 0.151. The molecule has 0 aromatic heterocycles. The molecule has 0 spiro atoms. The average molecular weight is 468 g/mol. The van der Waals surface area contributed by atoms with E-state index in [0.29, 0.717) is 10.8 Å². The van der Waals surface area contributed by atoms with Crippen LogP contribution in [0.5, 0.6) is 0 Å². The number of rotatable bonds is 2. The summed E-state index contributed by atoms with van der Waals surface area (Å²) in [4.78, 5) is 0. The van der Waals surface area contributed by atoms with Crippen LogP contribution >= 0.6 is 0 Å². The Labute approximate surface area is 208 Å². The molecule has 4 saturated carbocycles. The monoisotopic (exact) mass is 467 g/mol. The number of hydrogen-bond donors (Lipinski definition) is 1.